The smallest absolute Gasteiger partial charge is 0.100 e. The van der Waals surface area contributed by atoms with Crippen LogP contribution in [-0.4, -0.2) is 24.7 Å². The van der Waals surface area contributed by atoms with Gasteiger partial charge in [-0.05, 0) is 43.6 Å². The Hall–Kier alpha value is -2.39. The summed E-state index contributed by atoms with van der Waals surface area (Å²) in [7, 11) is 2.21. The molecule has 0 radical (unpaired) electrons. The van der Waals surface area contributed by atoms with Crippen molar-refractivity contribution in [1.82, 2.24) is 4.90 Å². The summed E-state index contributed by atoms with van der Waals surface area (Å²) in [4.78, 5) is 7.06. The fourth-order valence-electron chi connectivity index (χ4n) is 3.37. The Balaban J connectivity index is 1.56. The summed E-state index contributed by atoms with van der Waals surface area (Å²) >= 11 is 0. The van der Waals surface area contributed by atoms with Crippen LogP contribution in [-0.2, 0) is 0 Å². The van der Waals surface area contributed by atoms with Gasteiger partial charge in [-0.2, -0.15) is 0 Å². The molecule has 116 valence electrons. The van der Waals surface area contributed by atoms with Gasteiger partial charge >= 0.3 is 0 Å². The van der Waals surface area contributed by atoms with E-state index in [4.69, 9.17) is 4.42 Å². The van der Waals surface area contributed by atoms with Crippen molar-refractivity contribution in [2.75, 3.05) is 13.6 Å². The second-order valence-corrected chi connectivity index (χ2v) is 6.22. The fraction of sp³-hybridized carbons (Fsp3) is 0.250. The van der Waals surface area contributed by atoms with Crippen LogP contribution in [0.5, 0.6) is 0 Å². The van der Waals surface area contributed by atoms with Crippen LogP contribution in [0.15, 0.2) is 64.4 Å². The van der Waals surface area contributed by atoms with Gasteiger partial charge < -0.3 is 4.42 Å². The van der Waals surface area contributed by atoms with Gasteiger partial charge in [-0.1, -0.05) is 36.4 Å². The number of hydrogen-bond donors (Lipinski definition) is 0. The summed E-state index contributed by atoms with van der Waals surface area (Å²) in [5, 5.41) is 2.13. The van der Waals surface area contributed by atoms with Crippen LogP contribution in [0.4, 0.5) is 5.69 Å². The Bertz CT molecular complexity index is 832. The van der Waals surface area contributed by atoms with E-state index in [0.29, 0.717) is 6.04 Å². The highest BCUT2D eigenvalue weighted by Crippen LogP contribution is 2.30. The molecule has 0 amide bonds. The molecule has 3 aromatic rings. The molecule has 0 saturated carbocycles. The lowest BCUT2D eigenvalue weighted by atomic mass is 10.0. The van der Waals surface area contributed by atoms with Crippen LogP contribution < -0.4 is 0 Å². The average molecular weight is 304 g/mol. The van der Waals surface area contributed by atoms with Crippen molar-refractivity contribution in [3.63, 3.8) is 0 Å². The van der Waals surface area contributed by atoms with Crippen molar-refractivity contribution in [3.05, 3.63) is 66.1 Å². The SMILES string of the molecule is CN1CCCC1c1ccc(/C=N/c2cccc3cocc23)cc1. The van der Waals surface area contributed by atoms with Crippen LogP contribution in [0.1, 0.15) is 30.0 Å². The standard InChI is InChI=1S/C20H20N2O/c1-22-11-3-6-20(22)16-9-7-15(8-10-16)12-21-19-5-2-4-17-13-23-14-18(17)19/h2,4-5,7-10,12-14,20H,3,6,11H2,1H3/b21-12+. The quantitative estimate of drug-likeness (QED) is 0.641. The van der Waals surface area contributed by atoms with E-state index in [-0.39, 0.29) is 0 Å². The highest BCUT2D eigenvalue weighted by molar-refractivity contribution is 5.94. The third kappa shape index (κ3) is 2.80. The van der Waals surface area contributed by atoms with Gasteiger partial charge in [-0.3, -0.25) is 9.89 Å². The molecule has 1 aromatic heterocycles. The van der Waals surface area contributed by atoms with E-state index in [1.54, 1.807) is 12.5 Å². The van der Waals surface area contributed by atoms with Crippen LogP contribution in [0.2, 0.25) is 0 Å². The van der Waals surface area contributed by atoms with Gasteiger partial charge in [0.15, 0.2) is 0 Å². The molecular formula is C20H20N2O. The first kappa shape index (κ1) is 14.2. The van der Waals surface area contributed by atoms with Crippen LogP contribution in [0.3, 0.4) is 0 Å². The molecule has 1 unspecified atom stereocenters. The first-order valence-electron chi connectivity index (χ1n) is 8.10. The molecule has 2 aromatic carbocycles. The van der Waals surface area contributed by atoms with E-state index < -0.39 is 0 Å². The summed E-state index contributed by atoms with van der Waals surface area (Å²) in [6, 6.07) is 15.4. The molecule has 1 aliphatic heterocycles. The highest BCUT2D eigenvalue weighted by atomic mass is 16.3. The van der Waals surface area contributed by atoms with Crippen molar-refractivity contribution in [3.8, 4) is 0 Å². The van der Waals surface area contributed by atoms with E-state index in [0.717, 1.165) is 22.0 Å². The maximum Gasteiger partial charge on any atom is 0.100 e. The zero-order valence-corrected chi connectivity index (χ0v) is 13.3. The maximum absolute atomic E-state index is 5.26. The van der Waals surface area contributed by atoms with Gasteiger partial charge in [0.05, 0.1) is 12.0 Å². The summed E-state index contributed by atoms with van der Waals surface area (Å²) in [6.07, 6.45) is 7.97. The number of rotatable bonds is 3. The summed E-state index contributed by atoms with van der Waals surface area (Å²) in [5.41, 5.74) is 3.46. The number of nitrogens with zero attached hydrogens (tertiary/aromatic N) is 2. The van der Waals surface area contributed by atoms with Crippen LogP contribution in [0, 0.1) is 0 Å². The fourth-order valence-corrected chi connectivity index (χ4v) is 3.37. The Kier molecular flexibility index (Phi) is 3.72. The third-order valence-electron chi connectivity index (χ3n) is 4.69. The summed E-state index contributed by atoms with van der Waals surface area (Å²) in [5.74, 6) is 0. The van der Waals surface area contributed by atoms with E-state index in [2.05, 4.69) is 41.2 Å². The summed E-state index contributed by atoms with van der Waals surface area (Å²) < 4.78 is 5.26. The Morgan fingerprint density at radius 2 is 2.00 bits per heavy atom. The number of likely N-dealkylation sites (tertiary alicyclic amines) is 1. The zero-order valence-electron chi connectivity index (χ0n) is 13.3. The number of furan rings is 1. The molecule has 0 N–H and O–H groups in total. The molecule has 0 aliphatic carbocycles. The van der Waals surface area contributed by atoms with Crippen molar-refractivity contribution in [2.24, 2.45) is 4.99 Å². The Morgan fingerprint density at radius 3 is 2.78 bits per heavy atom. The normalized spacial score (nSPS) is 19.1. The minimum absolute atomic E-state index is 0.570. The van der Waals surface area contributed by atoms with Crippen molar-refractivity contribution >= 4 is 22.7 Å². The highest BCUT2D eigenvalue weighted by Gasteiger charge is 2.21. The van der Waals surface area contributed by atoms with Crippen LogP contribution >= 0.6 is 0 Å². The number of benzene rings is 2. The second kappa shape index (κ2) is 6.01. The molecule has 3 heteroatoms. The molecule has 1 fully saturated rings. The molecule has 0 bridgehead atoms. The van der Waals surface area contributed by atoms with Crippen molar-refractivity contribution in [1.29, 1.82) is 0 Å². The monoisotopic (exact) mass is 304 g/mol. The Labute approximate surface area is 136 Å². The molecule has 0 spiro atoms. The van der Waals surface area contributed by atoms with E-state index in [1.807, 2.05) is 24.4 Å². The van der Waals surface area contributed by atoms with Crippen LogP contribution in [0.25, 0.3) is 10.8 Å². The van der Waals surface area contributed by atoms with E-state index in [9.17, 15) is 0 Å². The summed E-state index contributed by atoms with van der Waals surface area (Å²) in [6.45, 7) is 1.20. The van der Waals surface area contributed by atoms with Gasteiger partial charge in [-0.25, -0.2) is 0 Å². The molecular weight excluding hydrogens is 284 g/mol. The molecule has 1 aliphatic rings. The topological polar surface area (TPSA) is 28.7 Å². The third-order valence-corrected chi connectivity index (χ3v) is 4.69. The first-order chi connectivity index (χ1) is 11.3. The van der Waals surface area contributed by atoms with Gasteiger partial charge in [0, 0.05) is 23.0 Å². The average Bonchev–Trinajstić information content (AvgIpc) is 3.22. The largest absolute Gasteiger partial charge is 0.471 e. The minimum atomic E-state index is 0.570. The van der Waals surface area contributed by atoms with Gasteiger partial charge in [0.1, 0.15) is 6.26 Å². The first-order valence-corrected chi connectivity index (χ1v) is 8.10. The number of hydrogen-bond acceptors (Lipinski definition) is 3. The number of aliphatic imine (C=N–C) groups is 1. The van der Waals surface area contributed by atoms with Crippen molar-refractivity contribution in [2.45, 2.75) is 18.9 Å². The van der Waals surface area contributed by atoms with Gasteiger partial charge in [-0.15, -0.1) is 0 Å². The van der Waals surface area contributed by atoms with E-state index in [1.165, 1.54) is 24.9 Å². The molecule has 3 nitrogen and oxygen atoms in total. The molecule has 4 rings (SSSR count). The predicted molar refractivity (Wildman–Crippen MR) is 94.5 cm³/mol. The minimum Gasteiger partial charge on any atom is -0.471 e. The molecule has 2 heterocycles. The Morgan fingerprint density at radius 1 is 1.13 bits per heavy atom. The second-order valence-electron chi connectivity index (χ2n) is 6.22. The molecule has 1 atom stereocenters. The zero-order chi connectivity index (χ0) is 15.6. The predicted octanol–water partition coefficient (Wildman–Crippen LogP) is 4.95. The lowest BCUT2D eigenvalue weighted by Gasteiger charge is -2.19. The molecule has 1 saturated heterocycles. The lowest BCUT2D eigenvalue weighted by molar-refractivity contribution is 0.317. The van der Waals surface area contributed by atoms with Gasteiger partial charge in [0.2, 0.25) is 0 Å². The lowest BCUT2D eigenvalue weighted by Crippen LogP contribution is -2.17. The van der Waals surface area contributed by atoms with E-state index >= 15 is 0 Å². The maximum atomic E-state index is 5.26. The van der Waals surface area contributed by atoms with Gasteiger partial charge in [0.25, 0.3) is 0 Å². The number of fused-ring (bicyclic) bond motifs is 1. The van der Waals surface area contributed by atoms with Crippen molar-refractivity contribution < 1.29 is 4.42 Å². The molecule has 23 heavy (non-hydrogen) atoms.